The molecule has 0 spiro atoms. The van der Waals surface area contributed by atoms with Gasteiger partial charge < -0.3 is 9.72 Å². The average molecular weight is 427 g/mol. The van der Waals surface area contributed by atoms with E-state index in [9.17, 15) is 4.79 Å². The van der Waals surface area contributed by atoms with Gasteiger partial charge in [-0.25, -0.2) is 9.78 Å². The van der Waals surface area contributed by atoms with E-state index in [0.29, 0.717) is 5.56 Å². The summed E-state index contributed by atoms with van der Waals surface area (Å²) in [7, 11) is 1.40. The van der Waals surface area contributed by atoms with Crippen molar-refractivity contribution in [1.82, 2.24) is 9.97 Å². The molecule has 4 rings (SSSR count). The molecule has 1 aromatic heterocycles. The van der Waals surface area contributed by atoms with Crippen molar-refractivity contribution in [3.63, 3.8) is 0 Å². The number of hydrogen-bond acceptors (Lipinski definition) is 3. The van der Waals surface area contributed by atoms with Gasteiger partial charge in [-0.2, -0.15) is 0 Å². The highest BCUT2D eigenvalue weighted by Gasteiger charge is 2.14. The van der Waals surface area contributed by atoms with E-state index in [-0.39, 0.29) is 5.97 Å². The Hall–Kier alpha value is -3.40. The average Bonchev–Trinajstić information content (AvgIpc) is 3.22. The number of ether oxygens (including phenoxy) is 1. The quantitative estimate of drug-likeness (QED) is 0.273. The lowest BCUT2D eigenvalue weighted by Crippen LogP contribution is -2.01. The van der Waals surface area contributed by atoms with E-state index in [0.717, 1.165) is 54.5 Å². The van der Waals surface area contributed by atoms with E-state index in [4.69, 9.17) is 9.72 Å². The molecule has 1 N–H and O–H groups in total. The highest BCUT2D eigenvalue weighted by atomic mass is 16.5. The molecular formula is C28H30N2O2. The van der Waals surface area contributed by atoms with Gasteiger partial charge in [0.05, 0.1) is 23.7 Å². The summed E-state index contributed by atoms with van der Waals surface area (Å²) in [6.07, 6.45) is 5.10. The molecule has 4 nitrogen and oxygen atoms in total. The maximum atomic E-state index is 11.7. The van der Waals surface area contributed by atoms with Gasteiger partial charge in [-0.05, 0) is 85.5 Å². The molecule has 0 aliphatic rings. The number of carbonyl (C=O) groups is 1. The van der Waals surface area contributed by atoms with E-state index in [1.54, 1.807) is 0 Å². The van der Waals surface area contributed by atoms with Crippen LogP contribution in [0.5, 0.6) is 0 Å². The Morgan fingerprint density at radius 1 is 0.938 bits per heavy atom. The molecule has 3 aromatic carbocycles. The van der Waals surface area contributed by atoms with Crippen molar-refractivity contribution < 1.29 is 9.53 Å². The fraction of sp³-hybridized carbons (Fsp3) is 0.286. The summed E-state index contributed by atoms with van der Waals surface area (Å²) in [5, 5.41) is 0. The molecule has 164 valence electrons. The van der Waals surface area contributed by atoms with Gasteiger partial charge in [-0.1, -0.05) is 42.5 Å². The van der Waals surface area contributed by atoms with Gasteiger partial charge >= 0.3 is 5.97 Å². The number of methoxy groups -OCH3 is 1. The van der Waals surface area contributed by atoms with Crippen LogP contribution >= 0.6 is 0 Å². The van der Waals surface area contributed by atoms with Crippen LogP contribution in [0, 0.1) is 13.8 Å². The second kappa shape index (κ2) is 9.82. The van der Waals surface area contributed by atoms with Gasteiger partial charge in [0.15, 0.2) is 0 Å². The predicted molar refractivity (Wildman–Crippen MR) is 129 cm³/mol. The summed E-state index contributed by atoms with van der Waals surface area (Å²) in [6, 6.07) is 20.5. The molecule has 0 saturated carbocycles. The molecule has 32 heavy (non-hydrogen) atoms. The van der Waals surface area contributed by atoms with E-state index >= 15 is 0 Å². The Kier molecular flexibility index (Phi) is 6.69. The van der Waals surface area contributed by atoms with E-state index < -0.39 is 0 Å². The number of aromatic nitrogens is 2. The molecule has 0 saturated heterocycles. The standard InChI is InChI=1S/C28H30N2O2/c1-19-17-25-27(30-26(29-25)12-8-7-11-21-9-5-4-6-10-21)24(20(19)2)18-22-13-15-23(16-14-22)28(31)32-3/h4-6,9-10,13-17H,7-8,11-12,18H2,1-3H3,(H,29,30). The number of nitrogens with zero attached hydrogens (tertiary/aromatic N) is 1. The van der Waals surface area contributed by atoms with Crippen LogP contribution in [0.4, 0.5) is 0 Å². The van der Waals surface area contributed by atoms with Gasteiger partial charge in [-0.15, -0.1) is 0 Å². The highest BCUT2D eigenvalue weighted by molar-refractivity contribution is 5.89. The van der Waals surface area contributed by atoms with Crippen molar-refractivity contribution in [1.29, 1.82) is 0 Å². The summed E-state index contributed by atoms with van der Waals surface area (Å²) in [5.41, 5.74) is 9.06. The number of imidazole rings is 1. The fourth-order valence-corrected chi connectivity index (χ4v) is 4.19. The molecule has 4 aromatic rings. The second-order valence-electron chi connectivity index (χ2n) is 8.43. The van der Waals surface area contributed by atoms with Gasteiger partial charge in [0.2, 0.25) is 0 Å². The zero-order valence-electron chi connectivity index (χ0n) is 19.1. The van der Waals surface area contributed by atoms with Crippen LogP contribution in [0.15, 0.2) is 60.7 Å². The molecular weight excluding hydrogens is 396 g/mol. The van der Waals surface area contributed by atoms with Crippen molar-refractivity contribution in [3.8, 4) is 0 Å². The van der Waals surface area contributed by atoms with Crippen molar-refractivity contribution >= 4 is 17.0 Å². The van der Waals surface area contributed by atoms with Crippen LogP contribution in [-0.2, 0) is 24.0 Å². The van der Waals surface area contributed by atoms with Gasteiger partial charge in [0, 0.05) is 6.42 Å². The van der Waals surface area contributed by atoms with Crippen LogP contribution in [0.1, 0.15) is 56.8 Å². The minimum absolute atomic E-state index is 0.310. The number of hydrogen-bond donors (Lipinski definition) is 1. The molecule has 0 amide bonds. The summed E-state index contributed by atoms with van der Waals surface area (Å²) >= 11 is 0. The Morgan fingerprint density at radius 2 is 1.66 bits per heavy atom. The summed E-state index contributed by atoms with van der Waals surface area (Å²) < 4.78 is 4.80. The maximum absolute atomic E-state index is 11.7. The predicted octanol–water partition coefficient (Wildman–Crippen LogP) is 6.12. The lowest BCUT2D eigenvalue weighted by molar-refractivity contribution is 0.0600. The van der Waals surface area contributed by atoms with Crippen LogP contribution in [0.2, 0.25) is 0 Å². The third kappa shape index (κ3) is 4.91. The number of unbranched alkanes of at least 4 members (excludes halogenated alkanes) is 1. The van der Waals surface area contributed by atoms with Crippen molar-refractivity contribution in [2.75, 3.05) is 7.11 Å². The molecule has 0 fully saturated rings. The largest absolute Gasteiger partial charge is 0.465 e. The first-order valence-electron chi connectivity index (χ1n) is 11.2. The third-order valence-corrected chi connectivity index (χ3v) is 6.20. The topological polar surface area (TPSA) is 55.0 Å². The minimum atomic E-state index is -0.310. The monoisotopic (exact) mass is 426 g/mol. The van der Waals surface area contributed by atoms with Gasteiger partial charge in [0.25, 0.3) is 0 Å². The molecule has 0 aliphatic carbocycles. The Labute approximate surface area is 189 Å². The van der Waals surface area contributed by atoms with Crippen molar-refractivity contribution in [2.24, 2.45) is 0 Å². The van der Waals surface area contributed by atoms with Gasteiger partial charge in [-0.3, -0.25) is 0 Å². The molecule has 1 heterocycles. The SMILES string of the molecule is COC(=O)c1ccc(Cc2c(C)c(C)cc3[nH]c(CCCCc4ccccc4)nc23)cc1. The lowest BCUT2D eigenvalue weighted by atomic mass is 9.95. The number of H-pyrrole nitrogens is 1. The number of rotatable bonds is 8. The molecule has 0 radical (unpaired) electrons. The number of benzene rings is 3. The summed E-state index contributed by atoms with van der Waals surface area (Å²) in [4.78, 5) is 20.2. The third-order valence-electron chi connectivity index (χ3n) is 6.20. The van der Waals surface area contributed by atoms with Crippen molar-refractivity contribution in [3.05, 3.63) is 99.9 Å². The zero-order chi connectivity index (χ0) is 22.5. The number of aryl methyl sites for hydroxylation is 3. The normalized spacial score (nSPS) is 11.1. The summed E-state index contributed by atoms with van der Waals surface area (Å²) in [5.74, 6) is 0.746. The fourth-order valence-electron chi connectivity index (χ4n) is 4.19. The molecule has 0 bridgehead atoms. The zero-order valence-corrected chi connectivity index (χ0v) is 19.1. The summed E-state index contributed by atoms with van der Waals surface area (Å²) in [6.45, 7) is 4.32. The highest BCUT2D eigenvalue weighted by Crippen LogP contribution is 2.27. The first kappa shape index (κ1) is 21.8. The Balaban J connectivity index is 1.50. The molecule has 0 atom stereocenters. The first-order valence-corrected chi connectivity index (χ1v) is 11.2. The Morgan fingerprint density at radius 3 is 2.38 bits per heavy atom. The van der Waals surface area contributed by atoms with Gasteiger partial charge in [0.1, 0.15) is 5.82 Å². The van der Waals surface area contributed by atoms with Crippen molar-refractivity contribution in [2.45, 2.75) is 46.0 Å². The second-order valence-corrected chi connectivity index (χ2v) is 8.43. The first-order chi connectivity index (χ1) is 15.5. The minimum Gasteiger partial charge on any atom is -0.465 e. The van der Waals surface area contributed by atoms with E-state index in [1.807, 2.05) is 24.3 Å². The van der Waals surface area contributed by atoms with Crippen LogP contribution in [0.3, 0.4) is 0 Å². The maximum Gasteiger partial charge on any atom is 0.337 e. The van der Waals surface area contributed by atoms with Crippen LogP contribution in [0.25, 0.3) is 11.0 Å². The van der Waals surface area contributed by atoms with Crippen LogP contribution in [-0.4, -0.2) is 23.0 Å². The van der Waals surface area contributed by atoms with E-state index in [1.165, 1.54) is 29.4 Å². The molecule has 0 unspecified atom stereocenters. The molecule has 0 aliphatic heterocycles. The molecule has 4 heteroatoms. The van der Waals surface area contributed by atoms with E-state index in [2.05, 4.69) is 55.2 Å². The lowest BCUT2D eigenvalue weighted by Gasteiger charge is -2.10. The number of carbonyl (C=O) groups excluding carboxylic acids is 1. The number of nitrogens with one attached hydrogen (secondary N) is 1. The Bertz CT molecular complexity index is 1210. The number of aromatic amines is 1. The smallest absolute Gasteiger partial charge is 0.337 e. The number of esters is 1. The number of fused-ring (bicyclic) bond motifs is 1. The van der Waals surface area contributed by atoms with Crippen LogP contribution < -0.4 is 0 Å².